The minimum atomic E-state index is 1.12. The molecule has 3 heteroatoms. The monoisotopic (exact) mass is 735 g/mol. The minimum Gasteiger partial charge on any atom is -0.310 e. The molecule has 11 aromatic rings. The van der Waals surface area contributed by atoms with Gasteiger partial charge in [-0.2, -0.15) is 0 Å². The number of hydrogen-bond donors (Lipinski definition) is 0. The molecule has 0 saturated carbocycles. The van der Waals surface area contributed by atoms with Gasteiger partial charge >= 0.3 is 0 Å². The zero-order valence-electron chi connectivity index (χ0n) is 29.8. The molecule has 0 atom stereocenters. The topological polar surface area (TPSA) is 3.24 Å². The van der Waals surface area contributed by atoms with Gasteiger partial charge in [0.1, 0.15) is 0 Å². The first-order valence-electron chi connectivity index (χ1n) is 18.7. The van der Waals surface area contributed by atoms with E-state index in [4.69, 9.17) is 0 Å². The Morgan fingerprint density at radius 3 is 1.71 bits per heavy atom. The van der Waals surface area contributed by atoms with Crippen molar-refractivity contribution < 1.29 is 0 Å². The first-order valence-corrected chi connectivity index (χ1v) is 20.3. The summed E-state index contributed by atoms with van der Waals surface area (Å²) in [4.78, 5) is 2.40. The molecule has 11 rings (SSSR count). The third-order valence-corrected chi connectivity index (χ3v) is 13.2. The van der Waals surface area contributed by atoms with E-state index in [0.29, 0.717) is 0 Å². The number of benzene rings is 9. The van der Waals surface area contributed by atoms with Crippen LogP contribution in [0.15, 0.2) is 200 Å². The zero-order valence-corrected chi connectivity index (χ0v) is 31.4. The number of nitrogens with zero attached hydrogens (tertiary/aromatic N) is 1. The van der Waals surface area contributed by atoms with E-state index in [9.17, 15) is 0 Å². The van der Waals surface area contributed by atoms with Gasteiger partial charge in [0.2, 0.25) is 0 Å². The highest BCUT2D eigenvalue weighted by atomic mass is 32.1. The number of thiophene rings is 2. The van der Waals surface area contributed by atoms with Crippen LogP contribution in [0.25, 0.3) is 84.5 Å². The summed E-state index contributed by atoms with van der Waals surface area (Å²) in [5.41, 5.74) is 10.7. The van der Waals surface area contributed by atoms with Crippen molar-refractivity contribution in [2.24, 2.45) is 0 Å². The van der Waals surface area contributed by atoms with Gasteiger partial charge in [-0.3, -0.25) is 0 Å². The fourth-order valence-corrected chi connectivity index (χ4v) is 10.6. The molecule has 0 amide bonds. The maximum absolute atomic E-state index is 2.40. The summed E-state index contributed by atoms with van der Waals surface area (Å²) >= 11 is 3.74. The second-order valence-corrected chi connectivity index (χ2v) is 16.2. The molecule has 55 heavy (non-hydrogen) atoms. The van der Waals surface area contributed by atoms with Crippen LogP contribution in [0.1, 0.15) is 0 Å². The number of anilines is 3. The largest absolute Gasteiger partial charge is 0.310 e. The van der Waals surface area contributed by atoms with Crippen LogP contribution in [0, 0.1) is 0 Å². The van der Waals surface area contributed by atoms with Crippen molar-refractivity contribution in [2.45, 2.75) is 0 Å². The number of hydrogen-bond acceptors (Lipinski definition) is 3. The van der Waals surface area contributed by atoms with Gasteiger partial charge in [0.15, 0.2) is 0 Å². The average Bonchev–Trinajstić information content (AvgIpc) is 3.82. The van der Waals surface area contributed by atoms with Crippen LogP contribution in [0.3, 0.4) is 0 Å². The van der Waals surface area contributed by atoms with Gasteiger partial charge < -0.3 is 4.90 Å². The molecule has 2 heterocycles. The summed E-state index contributed by atoms with van der Waals surface area (Å²) < 4.78 is 5.27. The SMILES string of the molecule is c1cc(-c2cccc(N(c3ccc(-c4cccc5ccccc45)cc3)c3ccc4c(c3)sc3ccccc34)c2)cc(-c2cccc3c2sc2ccccc23)c1. The molecule has 0 unspecified atom stereocenters. The van der Waals surface area contributed by atoms with Gasteiger partial charge in [-0.1, -0.05) is 146 Å². The van der Waals surface area contributed by atoms with Crippen molar-refractivity contribution in [1.29, 1.82) is 0 Å². The molecule has 0 aliphatic carbocycles. The van der Waals surface area contributed by atoms with Gasteiger partial charge in [0.25, 0.3) is 0 Å². The van der Waals surface area contributed by atoms with Crippen LogP contribution in [-0.2, 0) is 0 Å². The molecule has 0 spiro atoms. The lowest BCUT2D eigenvalue weighted by Crippen LogP contribution is -2.10. The van der Waals surface area contributed by atoms with Crippen LogP contribution < -0.4 is 4.90 Å². The molecule has 0 aliphatic rings. The molecular weight excluding hydrogens is 703 g/mol. The molecule has 0 fully saturated rings. The van der Waals surface area contributed by atoms with Crippen LogP contribution in [0.4, 0.5) is 17.1 Å². The second-order valence-electron chi connectivity index (χ2n) is 14.1. The van der Waals surface area contributed by atoms with Crippen LogP contribution >= 0.6 is 22.7 Å². The fourth-order valence-electron chi connectivity index (χ4n) is 8.23. The quantitative estimate of drug-likeness (QED) is 0.164. The normalized spacial score (nSPS) is 11.6. The molecule has 0 aliphatic heterocycles. The summed E-state index contributed by atoms with van der Waals surface area (Å²) in [6.45, 7) is 0. The highest BCUT2D eigenvalue weighted by Gasteiger charge is 2.17. The third kappa shape index (κ3) is 5.51. The maximum atomic E-state index is 2.40. The predicted octanol–water partition coefficient (Wildman–Crippen LogP) is 16.0. The second kappa shape index (κ2) is 13.1. The van der Waals surface area contributed by atoms with Gasteiger partial charge in [-0.05, 0) is 98.8 Å². The Balaban J connectivity index is 1.03. The van der Waals surface area contributed by atoms with E-state index in [1.165, 1.54) is 84.5 Å². The first-order chi connectivity index (χ1) is 27.2. The van der Waals surface area contributed by atoms with Crippen molar-refractivity contribution in [3.8, 4) is 33.4 Å². The molecule has 0 bridgehead atoms. The average molecular weight is 736 g/mol. The van der Waals surface area contributed by atoms with Crippen LogP contribution in [0.5, 0.6) is 0 Å². The fraction of sp³-hybridized carbons (Fsp3) is 0. The van der Waals surface area contributed by atoms with Crippen LogP contribution in [0.2, 0.25) is 0 Å². The molecule has 258 valence electrons. The summed E-state index contributed by atoms with van der Waals surface area (Å²) in [5, 5.41) is 7.78. The van der Waals surface area contributed by atoms with Gasteiger partial charge in [-0.15, -0.1) is 22.7 Å². The summed E-state index contributed by atoms with van der Waals surface area (Å²) in [7, 11) is 0. The molecule has 2 aromatic heterocycles. The Hall–Kier alpha value is -6.52. The highest BCUT2D eigenvalue weighted by molar-refractivity contribution is 7.26. The number of rotatable bonds is 6. The Labute approximate surface area is 327 Å². The predicted molar refractivity (Wildman–Crippen MR) is 241 cm³/mol. The zero-order chi connectivity index (χ0) is 36.3. The lowest BCUT2D eigenvalue weighted by molar-refractivity contribution is 1.29. The highest BCUT2D eigenvalue weighted by Crippen LogP contribution is 2.44. The van der Waals surface area contributed by atoms with Crippen molar-refractivity contribution in [1.82, 2.24) is 0 Å². The van der Waals surface area contributed by atoms with Gasteiger partial charge in [-0.25, -0.2) is 0 Å². The van der Waals surface area contributed by atoms with Crippen LogP contribution in [-0.4, -0.2) is 0 Å². The van der Waals surface area contributed by atoms with Gasteiger partial charge in [0, 0.05) is 57.4 Å². The lowest BCUT2D eigenvalue weighted by atomic mass is 9.97. The van der Waals surface area contributed by atoms with Gasteiger partial charge in [0.05, 0.1) is 0 Å². The lowest BCUT2D eigenvalue weighted by Gasteiger charge is -2.26. The smallest absolute Gasteiger partial charge is 0.0476 e. The van der Waals surface area contributed by atoms with Crippen molar-refractivity contribution in [2.75, 3.05) is 4.90 Å². The standard InChI is InChI=1S/C52H33NS2/c1-2-17-42-34(11-1)12-9-20-43(42)35-25-27-39(28-26-35)53(41-29-30-47-45-18-3-5-23-49(45)54-51(47)33-41)40-16-8-14-37(32-40)36-13-7-15-38(31-36)44-21-10-22-48-46-19-4-6-24-50(46)55-52(44)48/h1-33H. The molecule has 9 aromatic carbocycles. The Morgan fingerprint density at radius 1 is 0.291 bits per heavy atom. The summed E-state index contributed by atoms with van der Waals surface area (Å²) in [6, 6.07) is 73.4. The van der Waals surface area contributed by atoms with E-state index < -0.39 is 0 Å². The minimum absolute atomic E-state index is 1.12. The molecule has 1 nitrogen and oxygen atoms in total. The van der Waals surface area contributed by atoms with Crippen molar-refractivity contribution in [3.05, 3.63) is 200 Å². The Bertz CT molecular complexity index is 3220. The first kappa shape index (κ1) is 32.0. The summed E-state index contributed by atoms with van der Waals surface area (Å²) in [6.07, 6.45) is 0. The maximum Gasteiger partial charge on any atom is 0.0476 e. The Kier molecular flexibility index (Phi) is 7.61. The van der Waals surface area contributed by atoms with Crippen molar-refractivity contribution in [3.63, 3.8) is 0 Å². The van der Waals surface area contributed by atoms with E-state index in [1.807, 2.05) is 22.7 Å². The molecule has 0 saturated heterocycles. The Morgan fingerprint density at radius 2 is 0.855 bits per heavy atom. The van der Waals surface area contributed by atoms with E-state index in [1.54, 1.807) is 0 Å². The molecule has 0 radical (unpaired) electrons. The third-order valence-electron chi connectivity index (χ3n) is 10.9. The van der Waals surface area contributed by atoms with E-state index in [0.717, 1.165) is 17.1 Å². The van der Waals surface area contributed by atoms with E-state index in [-0.39, 0.29) is 0 Å². The number of fused-ring (bicyclic) bond motifs is 7. The van der Waals surface area contributed by atoms with E-state index >= 15 is 0 Å². The molecule has 0 N–H and O–H groups in total. The summed E-state index contributed by atoms with van der Waals surface area (Å²) in [5.74, 6) is 0. The van der Waals surface area contributed by atoms with Crippen molar-refractivity contribution >= 4 is 90.9 Å². The van der Waals surface area contributed by atoms with E-state index in [2.05, 4.69) is 205 Å². The molecular formula is C52H33NS2.